The number of carbonyl (C=O) groups excluding carboxylic acids is 3. The van der Waals surface area contributed by atoms with Gasteiger partial charge >= 0.3 is 0 Å². The van der Waals surface area contributed by atoms with Crippen molar-refractivity contribution >= 4 is 46.3 Å². The van der Waals surface area contributed by atoms with Crippen molar-refractivity contribution in [2.24, 2.45) is 5.73 Å². The average molecular weight is 549 g/mol. The Kier molecular flexibility index (Phi) is 8.86. The fourth-order valence-electron chi connectivity index (χ4n) is 5.05. The molecule has 2 aromatic carbocycles. The number of nitrogens with one attached hydrogen (secondary N) is 1. The summed E-state index contributed by atoms with van der Waals surface area (Å²) in [5.74, 6) is -1.59. The zero-order valence-electron chi connectivity index (χ0n) is 22.6. The summed E-state index contributed by atoms with van der Waals surface area (Å²) in [4.78, 5) is 43.9. The number of hydrogen-bond donors (Lipinski definition) is 3. The molecule has 206 valence electrons. The molecule has 1 fully saturated rings. The van der Waals surface area contributed by atoms with Gasteiger partial charge in [0.05, 0.1) is 5.69 Å². The first kappa shape index (κ1) is 28.1. The van der Waals surface area contributed by atoms with Gasteiger partial charge in [-0.15, -0.1) is 0 Å². The van der Waals surface area contributed by atoms with Gasteiger partial charge in [0.15, 0.2) is 5.69 Å². The van der Waals surface area contributed by atoms with E-state index in [2.05, 4.69) is 9.69 Å². The number of benzene rings is 2. The SMILES string of the molecule is CCc1ccccc1N(C(=O)c1snc(C(N)=O)c1N)[C@H](C(=O)NC1CCCCC1)c1ccc(N(C)C)cc1. The highest BCUT2D eigenvalue weighted by Gasteiger charge is 2.37. The molecule has 4 rings (SSSR count). The summed E-state index contributed by atoms with van der Waals surface area (Å²) in [6.45, 7) is 2.00. The molecule has 0 radical (unpaired) electrons. The van der Waals surface area contributed by atoms with Crippen LogP contribution >= 0.6 is 11.5 Å². The minimum absolute atomic E-state index is 0.0445. The van der Waals surface area contributed by atoms with Crippen LogP contribution in [0.2, 0.25) is 0 Å². The van der Waals surface area contributed by atoms with Crippen molar-refractivity contribution in [1.82, 2.24) is 9.69 Å². The third-order valence-corrected chi connectivity index (χ3v) is 8.04. The van der Waals surface area contributed by atoms with Crippen molar-refractivity contribution in [2.75, 3.05) is 29.6 Å². The predicted molar refractivity (Wildman–Crippen MR) is 156 cm³/mol. The molecule has 0 aliphatic heterocycles. The van der Waals surface area contributed by atoms with E-state index in [0.717, 1.165) is 54.9 Å². The molecule has 0 bridgehead atoms. The average Bonchev–Trinajstić information content (AvgIpc) is 3.33. The zero-order valence-corrected chi connectivity index (χ0v) is 23.5. The van der Waals surface area contributed by atoms with E-state index in [0.29, 0.717) is 17.7 Å². The van der Waals surface area contributed by atoms with Crippen molar-refractivity contribution < 1.29 is 14.4 Å². The Balaban J connectivity index is 1.88. The first-order valence-electron chi connectivity index (χ1n) is 13.3. The smallest absolute Gasteiger partial charge is 0.273 e. The summed E-state index contributed by atoms with van der Waals surface area (Å²) in [5, 5.41) is 3.23. The first-order chi connectivity index (χ1) is 18.7. The molecule has 5 N–H and O–H groups in total. The molecule has 10 heteroatoms. The number of para-hydroxylation sites is 1. The van der Waals surface area contributed by atoms with Crippen LogP contribution in [0.4, 0.5) is 17.1 Å². The fourth-order valence-corrected chi connectivity index (χ4v) is 5.79. The van der Waals surface area contributed by atoms with Crippen molar-refractivity contribution in [2.45, 2.75) is 57.5 Å². The monoisotopic (exact) mass is 548 g/mol. The lowest BCUT2D eigenvalue weighted by atomic mass is 9.94. The van der Waals surface area contributed by atoms with Crippen molar-refractivity contribution in [3.8, 4) is 0 Å². The number of aromatic nitrogens is 1. The quantitative estimate of drug-likeness (QED) is 0.365. The van der Waals surface area contributed by atoms with Gasteiger partial charge in [0, 0.05) is 31.5 Å². The predicted octanol–water partition coefficient (Wildman–Crippen LogP) is 4.29. The van der Waals surface area contributed by atoms with Gasteiger partial charge in [0.2, 0.25) is 5.91 Å². The lowest BCUT2D eigenvalue weighted by Gasteiger charge is -2.34. The van der Waals surface area contributed by atoms with Gasteiger partial charge < -0.3 is 21.7 Å². The standard InChI is InChI=1S/C29H36N6O3S/c1-4-18-10-8-9-13-22(18)35(29(38)26-23(30)24(27(31)36)33-39-26)25(19-14-16-21(17-15-19)34(2)3)28(37)32-20-11-6-5-7-12-20/h8-10,13-17,20,25H,4-7,11-12,30H2,1-3H3,(H2,31,36)(H,32,37)/t25-/m0/s1. The molecule has 1 aromatic heterocycles. The summed E-state index contributed by atoms with van der Waals surface area (Å²) in [7, 11) is 3.89. The minimum atomic E-state index is -0.984. The molecule has 1 aliphatic carbocycles. The third-order valence-electron chi connectivity index (χ3n) is 7.19. The molecule has 1 saturated carbocycles. The molecule has 3 amide bonds. The Labute approximate surface area is 233 Å². The lowest BCUT2D eigenvalue weighted by molar-refractivity contribution is -0.123. The molecular weight excluding hydrogens is 512 g/mol. The summed E-state index contributed by atoms with van der Waals surface area (Å²) < 4.78 is 4.05. The molecule has 39 heavy (non-hydrogen) atoms. The van der Waals surface area contributed by atoms with E-state index in [1.54, 1.807) is 0 Å². The molecule has 0 spiro atoms. The maximum atomic E-state index is 14.3. The number of hydrogen-bond acceptors (Lipinski definition) is 7. The van der Waals surface area contributed by atoms with Gasteiger partial charge in [0.25, 0.3) is 11.8 Å². The van der Waals surface area contributed by atoms with Crippen LogP contribution in [0, 0.1) is 0 Å². The molecule has 1 heterocycles. The van der Waals surface area contributed by atoms with Gasteiger partial charge in [-0.1, -0.05) is 56.5 Å². The van der Waals surface area contributed by atoms with Crippen LogP contribution in [-0.2, 0) is 11.2 Å². The summed E-state index contributed by atoms with van der Waals surface area (Å²) in [5.41, 5.74) is 14.5. The number of anilines is 3. The fraction of sp³-hybridized carbons (Fsp3) is 0.379. The third kappa shape index (κ3) is 6.06. The number of nitrogens with zero attached hydrogens (tertiary/aromatic N) is 3. The van der Waals surface area contributed by atoms with E-state index in [1.807, 2.05) is 74.4 Å². The van der Waals surface area contributed by atoms with E-state index < -0.39 is 17.9 Å². The van der Waals surface area contributed by atoms with E-state index in [-0.39, 0.29) is 28.2 Å². The number of nitrogen functional groups attached to an aromatic ring is 1. The Morgan fingerprint density at radius 3 is 2.31 bits per heavy atom. The molecular formula is C29H36N6O3S. The number of primary amides is 1. The molecule has 0 saturated heterocycles. The van der Waals surface area contributed by atoms with E-state index >= 15 is 0 Å². The number of carbonyl (C=O) groups is 3. The van der Waals surface area contributed by atoms with Crippen LogP contribution in [-0.4, -0.2) is 42.2 Å². The van der Waals surface area contributed by atoms with Gasteiger partial charge in [0.1, 0.15) is 10.9 Å². The Hall–Kier alpha value is -3.92. The number of nitrogens with two attached hydrogens (primary N) is 2. The lowest BCUT2D eigenvalue weighted by Crippen LogP contribution is -2.47. The van der Waals surface area contributed by atoms with Crippen LogP contribution < -0.4 is 26.6 Å². The van der Waals surface area contributed by atoms with Crippen LogP contribution in [0.5, 0.6) is 0 Å². The Bertz CT molecular complexity index is 1330. The second kappa shape index (κ2) is 12.3. The van der Waals surface area contributed by atoms with Crippen LogP contribution in [0.25, 0.3) is 0 Å². The summed E-state index contributed by atoms with van der Waals surface area (Å²) in [6.07, 6.45) is 5.72. The molecule has 1 atom stereocenters. The van der Waals surface area contributed by atoms with Gasteiger partial charge in [-0.05, 0) is 60.1 Å². The molecule has 0 unspecified atom stereocenters. The summed E-state index contributed by atoms with van der Waals surface area (Å²) in [6, 6.07) is 14.2. The van der Waals surface area contributed by atoms with Crippen molar-refractivity contribution in [3.05, 3.63) is 70.2 Å². The highest BCUT2D eigenvalue weighted by Crippen LogP contribution is 2.36. The maximum Gasteiger partial charge on any atom is 0.273 e. The molecule has 1 aliphatic rings. The minimum Gasteiger partial charge on any atom is -0.395 e. The zero-order chi connectivity index (χ0) is 28.1. The maximum absolute atomic E-state index is 14.3. The molecule has 3 aromatic rings. The van der Waals surface area contributed by atoms with Gasteiger partial charge in [-0.25, -0.2) is 0 Å². The number of rotatable bonds is 9. The first-order valence-corrected chi connectivity index (χ1v) is 14.0. The number of amides is 3. The highest BCUT2D eigenvalue weighted by atomic mass is 32.1. The second-order valence-corrected chi connectivity index (χ2v) is 10.8. The van der Waals surface area contributed by atoms with Gasteiger partial charge in [-0.3, -0.25) is 19.3 Å². The van der Waals surface area contributed by atoms with Crippen LogP contribution in [0.3, 0.4) is 0 Å². The van der Waals surface area contributed by atoms with Crippen molar-refractivity contribution in [3.63, 3.8) is 0 Å². The Morgan fingerprint density at radius 2 is 1.72 bits per heavy atom. The summed E-state index contributed by atoms with van der Waals surface area (Å²) >= 11 is 0.810. The van der Waals surface area contributed by atoms with E-state index in [9.17, 15) is 14.4 Å². The van der Waals surface area contributed by atoms with E-state index in [1.165, 1.54) is 4.90 Å². The highest BCUT2D eigenvalue weighted by molar-refractivity contribution is 7.09. The van der Waals surface area contributed by atoms with Crippen molar-refractivity contribution in [1.29, 1.82) is 0 Å². The van der Waals surface area contributed by atoms with E-state index in [4.69, 9.17) is 11.5 Å². The Morgan fingerprint density at radius 1 is 1.05 bits per heavy atom. The normalized spacial score (nSPS) is 14.4. The topological polar surface area (TPSA) is 135 Å². The molecule has 9 nitrogen and oxygen atoms in total. The van der Waals surface area contributed by atoms with Gasteiger partial charge in [-0.2, -0.15) is 4.37 Å². The van der Waals surface area contributed by atoms with Crippen LogP contribution in [0.1, 0.15) is 76.4 Å². The second-order valence-electron chi connectivity index (χ2n) is 10.0. The largest absolute Gasteiger partial charge is 0.395 e. The number of aryl methyl sites for hydroxylation is 1. The van der Waals surface area contributed by atoms with Crippen LogP contribution in [0.15, 0.2) is 48.5 Å².